The summed E-state index contributed by atoms with van der Waals surface area (Å²) >= 11 is 0. The van der Waals surface area contributed by atoms with Gasteiger partial charge in [-0.1, -0.05) is 6.92 Å². The lowest BCUT2D eigenvalue weighted by Gasteiger charge is -2.40. The highest BCUT2D eigenvalue weighted by atomic mass is 19.4. The van der Waals surface area contributed by atoms with Crippen molar-refractivity contribution in [1.29, 1.82) is 0 Å². The van der Waals surface area contributed by atoms with E-state index in [2.05, 4.69) is 25.5 Å². The number of anilines is 1. The molecule has 0 radical (unpaired) electrons. The van der Waals surface area contributed by atoms with E-state index in [1.807, 2.05) is 6.92 Å². The van der Waals surface area contributed by atoms with E-state index in [4.69, 9.17) is 0 Å². The molecule has 180 valence electrons. The number of hydrogen-bond acceptors (Lipinski definition) is 6. The molecule has 3 aromatic rings. The van der Waals surface area contributed by atoms with E-state index in [1.54, 1.807) is 4.90 Å². The highest BCUT2D eigenvalue weighted by molar-refractivity contribution is 5.99. The van der Waals surface area contributed by atoms with Gasteiger partial charge in [-0.05, 0) is 43.4 Å². The number of carbonyl (C=O) groups is 1. The molecule has 1 aliphatic rings. The molecular weight excluding hydrogens is 454 g/mol. The maximum atomic E-state index is 14.5. The van der Waals surface area contributed by atoms with Crippen molar-refractivity contribution in [3.8, 4) is 5.69 Å². The number of nitrogens with one attached hydrogen (secondary N) is 1. The summed E-state index contributed by atoms with van der Waals surface area (Å²) in [5.41, 5.74) is -0.218. The third-order valence-corrected chi connectivity index (χ3v) is 6.05. The van der Waals surface area contributed by atoms with Crippen molar-refractivity contribution in [2.45, 2.75) is 38.9 Å². The van der Waals surface area contributed by atoms with Crippen molar-refractivity contribution in [3.05, 3.63) is 59.4 Å². The van der Waals surface area contributed by atoms with Crippen LogP contribution in [0.1, 0.15) is 41.3 Å². The fourth-order valence-electron chi connectivity index (χ4n) is 4.17. The Morgan fingerprint density at radius 2 is 1.85 bits per heavy atom. The Labute approximate surface area is 193 Å². The summed E-state index contributed by atoms with van der Waals surface area (Å²) in [6.45, 7) is 4.20. The largest absolute Gasteiger partial charge is 0.419 e. The van der Waals surface area contributed by atoms with E-state index in [1.165, 1.54) is 36.2 Å². The number of nitrogens with zero attached hydrogens (tertiary/aromatic N) is 6. The maximum Gasteiger partial charge on any atom is 0.419 e. The van der Waals surface area contributed by atoms with E-state index >= 15 is 0 Å². The van der Waals surface area contributed by atoms with E-state index in [-0.39, 0.29) is 41.5 Å². The van der Waals surface area contributed by atoms with Crippen LogP contribution in [-0.4, -0.2) is 54.9 Å². The first-order chi connectivity index (χ1) is 16.2. The van der Waals surface area contributed by atoms with Gasteiger partial charge in [0.2, 0.25) is 5.95 Å². The van der Waals surface area contributed by atoms with Crippen LogP contribution in [0.5, 0.6) is 0 Å². The van der Waals surface area contributed by atoms with Crippen molar-refractivity contribution < 1.29 is 22.4 Å². The molecule has 0 bridgehead atoms. The van der Waals surface area contributed by atoms with Gasteiger partial charge in [-0.3, -0.25) is 4.79 Å². The first-order valence-corrected chi connectivity index (χ1v) is 10.8. The van der Waals surface area contributed by atoms with Crippen LogP contribution in [-0.2, 0) is 6.18 Å². The summed E-state index contributed by atoms with van der Waals surface area (Å²) in [6, 6.07) is 2.42. The van der Waals surface area contributed by atoms with Crippen LogP contribution < -0.4 is 5.32 Å². The van der Waals surface area contributed by atoms with Gasteiger partial charge in [0.05, 0.1) is 35.2 Å². The number of carbonyl (C=O) groups excluding carboxylic acids is 1. The molecule has 12 heteroatoms. The Kier molecular flexibility index (Phi) is 6.49. The normalized spacial score (nSPS) is 18.7. The zero-order chi connectivity index (χ0) is 24.5. The van der Waals surface area contributed by atoms with Crippen LogP contribution >= 0.6 is 0 Å². The number of hydrogen-bond donors (Lipinski definition) is 1. The number of amides is 1. The molecule has 1 aliphatic heterocycles. The molecule has 1 N–H and O–H groups in total. The Balaban J connectivity index is 1.59. The fraction of sp³-hybridized carbons (Fsp3) is 0.409. The van der Waals surface area contributed by atoms with E-state index in [9.17, 15) is 22.4 Å². The van der Waals surface area contributed by atoms with Crippen LogP contribution in [0.25, 0.3) is 5.69 Å². The van der Waals surface area contributed by atoms with Gasteiger partial charge < -0.3 is 10.2 Å². The Hall–Kier alpha value is -3.57. The van der Waals surface area contributed by atoms with Gasteiger partial charge in [0.1, 0.15) is 5.82 Å². The molecule has 2 aromatic heterocycles. The number of aromatic nitrogens is 5. The van der Waals surface area contributed by atoms with Gasteiger partial charge in [0, 0.05) is 25.5 Å². The minimum atomic E-state index is -4.52. The molecule has 1 amide bonds. The van der Waals surface area contributed by atoms with Crippen molar-refractivity contribution in [2.75, 3.05) is 18.4 Å². The van der Waals surface area contributed by atoms with E-state index < -0.39 is 17.6 Å². The molecule has 4 rings (SSSR count). The number of likely N-dealkylation sites (tertiary alicyclic amines) is 1. The minimum Gasteiger partial charge on any atom is -0.352 e. The van der Waals surface area contributed by atoms with E-state index in [0.29, 0.717) is 24.6 Å². The SMILES string of the molecule is Cc1c(F)ccc(-n2nccn2)c1C(=O)N1CCC[C@@H](C)[C@H]1CNc1ncc(C(F)(F)F)cn1. The highest BCUT2D eigenvalue weighted by Gasteiger charge is 2.35. The minimum absolute atomic E-state index is 0.0292. The molecule has 1 aromatic carbocycles. The quantitative estimate of drug-likeness (QED) is 0.562. The number of rotatable bonds is 5. The monoisotopic (exact) mass is 477 g/mol. The Morgan fingerprint density at radius 3 is 2.50 bits per heavy atom. The Morgan fingerprint density at radius 1 is 1.18 bits per heavy atom. The van der Waals surface area contributed by atoms with Gasteiger partial charge in [0.15, 0.2) is 0 Å². The van der Waals surface area contributed by atoms with Crippen LogP contribution in [0.4, 0.5) is 23.5 Å². The van der Waals surface area contributed by atoms with Gasteiger partial charge in [-0.15, -0.1) is 0 Å². The van der Waals surface area contributed by atoms with Gasteiger partial charge in [0.25, 0.3) is 5.91 Å². The average molecular weight is 477 g/mol. The molecule has 0 saturated carbocycles. The lowest BCUT2D eigenvalue weighted by molar-refractivity contribution is -0.138. The van der Waals surface area contributed by atoms with Crippen LogP contribution in [0.15, 0.2) is 36.9 Å². The zero-order valence-electron chi connectivity index (χ0n) is 18.6. The zero-order valence-corrected chi connectivity index (χ0v) is 18.6. The third-order valence-electron chi connectivity index (χ3n) is 6.05. The number of benzene rings is 1. The van der Waals surface area contributed by atoms with Crippen molar-refractivity contribution in [1.82, 2.24) is 29.9 Å². The molecule has 3 heterocycles. The summed E-state index contributed by atoms with van der Waals surface area (Å²) in [5.74, 6) is -0.769. The smallest absolute Gasteiger partial charge is 0.352 e. The van der Waals surface area contributed by atoms with Crippen LogP contribution in [0.3, 0.4) is 0 Å². The van der Waals surface area contributed by atoms with Gasteiger partial charge >= 0.3 is 6.18 Å². The summed E-state index contributed by atoms with van der Waals surface area (Å²) in [7, 11) is 0. The molecule has 0 spiro atoms. The number of halogens is 4. The molecule has 0 unspecified atom stereocenters. The van der Waals surface area contributed by atoms with Crippen molar-refractivity contribution in [3.63, 3.8) is 0 Å². The molecule has 1 fully saturated rings. The van der Waals surface area contributed by atoms with Crippen molar-refractivity contribution in [2.24, 2.45) is 5.92 Å². The summed E-state index contributed by atoms with van der Waals surface area (Å²) in [4.78, 5) is 24.1. The molecule has 34 heavy (non-hydrogen) atoms. The maximum absolute atomic E-state index is 14.5. The summed E-state index contributed by atoms with van der Waals surface area (Å²) in [6.07, 6.45) is 1.45. The lowest BCUT2D eigenvalue weighted by Crippen LogP contribution is -2.51. The second-order valence-electron chi connectivity index (χ2n) is 8.24. The molecule has 8 nitrogen and oxygen atoms in total. The fourth-order valence-corrected chi connectivity index (χ4v) is 4.17. The molecule has 1 saturated heterocycles. The third kappa shape index (κ3) is 4.70. The van der Waals surface area contributed by atoms with Crippen LogP contribution in [0, 0.1) is 18.7 Å². The van der Waals surface area contributed by atoms with Crippen LogP contribution in [0.2, 0.25) is 0 Å². The number of alkyl halides is 3. The van der Waals surface area contributed by atoms with Gasteiger partial charge in [-0.25, -0.2) is 14.4 Å². The van der Waals surface area contributed by atoms with E-state index in [0.717, 1.165) is 12.8 Å². The van der Waals surface area contributed by atoms with Crippen molar-refractivity contribution >= 4 is 11.9 Å². The first-order valence-electron chi connectivity index (χ1n) is 10.8. The average Bonchev–Trinajstić information content (AvgIpc) is 3.34. The van der Waals surface area contributed by atoms with Gasteiger partial charge in [-0.2, -0.15) is 28.2 Å². The second kappa shape index (κ2) is 9.35. The highest BCUT2D eigenvalue weighted by Crippen LogP contribution is 2.30. The summed E-state index contributed by atoms with van der Waals surface area (Å²) in [5, 5.41) is 11.1. The first kappa shape index (κ1) is 23.6. The molecule has 2 atom stereocenters. The standard InChI is InChI=1S/C22H23F4N7O/c1-13-4-3-9-32(18(13)12-29-21-27-10-15(11-28-21)22(24,25)26)20(34)19-14(2)16(23)5-6-17(19)33-30-7-8-31-33/h5-8,10-11,13,18H,3-4,9,12H2,1-2H3,(H,27,28,29)/t13-,18-/m1/s1. The predicted octanol–water partition coefficient (Wildman–Crippen LogP) is 3.88. The second-order valence-corrected chi connectivity index (χ2v) is 8.24. The summed E-state index contributed by atoms with van der Waals surface area (Å²) < 4.78 is 52.7. The lowest BCUT2D eigenvalue weighted by atomic mass is 9.89. The number of piperidine rings is 1. The predicted molar refractivity (Wildman–Crippen MR) is 115 cm³/mol. The Bertz CT molecular complexity index is 1150. The molecule has 0 aliphatic carbocycles. The topological polar surface area (TPSA) is 88.8 Å². The molecular formula is C22H23F4N7O.